The highest BCUT2D eigenvalue weighted by molar-refractivity contribution is 5.76. The number of amides is 1. The summed E-state index contributed by atoms with van der Waals surface area (Å²) in [5.41, 5.74) is 0. The van der Waals surface area contributed by atoms with Crippen molar-refractivity contribution >= 4 is 11.9 Å². The van der Waals surface area contributed by atoms with Gasteiger partial charge in [0.05, 0.1) is 25.4 Å². The highest BCUT2D eigenvalue weighted by Crippen LogP contribution is 2.17. The molecule has 2 atom stereocenters. The van der Waals surface area contributed by atoms with E-state index in [0.717, 1.165) is 70.6 Å². The van der Waals surface area contributed by atoms with Gasteiger partial charge in [0, 0.05) is 12.8 Å². The number of esters is 1. The number of ether oxygens (including phenoxy) is 1. The molecule has 0 aromatic heterocycles. The molecule has 0 aliphatic heterocycles. The van der Waals surface area contributed by atoms with Crippen molar-refractivity contribution in [1.82, 2.24) is 5.32 Å². The maximum absolute atomic E-state index is 12.5. The van der Waals surface area contributed by atoms with Gasteiger partial charge in [0.1, 0.15) is 0 Å². The molecule has 0 aromatic carbocycles. The summed E-state index contributed by atoms with van der Waals surface area (Å²) in [6.45, 7) is 4.88. The smallest absolute Gasteiger partial charge is 0.305 e. The number of aliphatic hydroxyl groups excluding tert-OH is 2. The second-order valence-electron chi connectivity index (χ2n) is 22.4. The molecule has 430 valence electrons. The van der Waals surface area contributed by atoms with Crippen molar-refractivity contribution in [3.63, 3.8) is 0 Å². The lowest BCUT2D eigenvalue weighted by Crippen LogP contribution is -2.45. The first-order valence-electron chi connectivity index (χ1n) is 32.8. The second-order valence-corrected chi connectivity index (χ2v) is 22.4. The molecular weight excluding hydrogens is 899 g/mol. The van der Waals surface area contributed by atoms with Gasteiger partial charge in [-0.2, -0.15) is 0 Å². The summed E-state index contributed by atoms with van der Waals surface area (Å²) in [5.74, 6) is -0.109. The van der Waals surface area contributed by atoms with Gasteiger partial charge in [0.15, 0.2) is 0 Å². The van der Waals surface area contributed by atoms with Gasteiger partial charge in [0.25, 0.3) is 0 Å². The van der Waals surface area contributed by atoms with Gasteiger partial charge < -0.3 is 20.3 Å². The lowest BCUT2D eigenvalue weighted by molar-refractivity contribution is -0.143. The van der Waals surface area contributed by atoms with Gasteiger partial charge in [-0.3, -0.25) is 9.59 Å². The minimum absolute atomic E-state index is 0.0137. The van der Waals surface area contributed by atoms with Gasteiger partial charge in [-0.1, -0.05) is 294 Å². The topological polar surface area (TPSA) is 95.9 Å². The molecule has 0 fully saturated rings. The monoisotopic (exact) mass is 1030 g/mol. The third-order valence-corrected chi connectivity index (χ3v) is 15.1. The second kappa shape index (κ2) is 62.6. The molecule has 0 aliphatic rings. The predicted octanol–water partition coefficient (Wildman–Crippen LogP) is 20.8. The van der Waals surface area contributed by atoms with Crippen LogP contribution in [0.15, 0.2) is 36.5 Å². The number of rotatable bonds is 61. The van der Waals surface area contributed by atoms with Crippen molar-refractivity contribution < 1.29 is 24.5 Å². The quantitative estimate of drug-likeness (QED) is 0.0320. The minimum Gasteiger partial charge on any atom is -0.466 e. The van der Waals surface area contributed by atoms with Gasteiger partial charge in [0.2, 0.25) is 5.91 Å². The Bertz CT molecular complexity index is 1180. The van der Waals surface area contributed by atoms with Gasteiger partial charge in [-0.05, 0) is 83.5 Å². The zero-order chi connectivity index (χ0) is 52.9. The van der Waals surface area contributed by atoms with E-state index < -0.39 is 12.1 Å². The molecule has 6 heteroatoms. The lowest BCUT2D eigenvalue weighted by atomic mass is 10.0. The van der Waals surface area contributed by atoms with Gasteiger partial charge in [-0.15, -0.1) is 0 Å². The van der Waals surface area contributed by atoms with Gasteiger partial charge >= 0.3 is 5.97 Å². The summed E-state index contributed by atoms with van der Waals surface area (Å²) in [4.78, 5) is 24.6. The Morgan fingerprint density at radius 1 is 0.370 bits per heavy atom. The normalized spacial score (nSPS) is 12.8. The van der Waals surface area contributed by atoms with E-state index in [1.54, 1.807) is 6.08 Å². The van der Waals surface area contributed by atoms with E-state index in [1.807, 2.05) is 6.08 Å². The first-order chi connectivity index (χ1) is 36.0. The molecule has 0 rings (SSSR count). The lowest BCUT2D eigenvalue weighted by Gasteiger charge is -2.19. The molecule has 1 amide bonds. The number of nitrogens with one attached hydrogen (secondary N) is 1. The SMILES string of the molecule is CCCCCCCC/C=C\CCCCCCCCCCCC(=O)OCCCCCCCC/C=C\CCCCCC(=O)NC(CO)C(O)/C=C/CCCCCCCCCCCCCCCCCCCCCCCC. The number of allylic oxidation sites excluding steroid dienone is 5. The van der Waals surface area contributed by atoms with Crippen molar-refractivity contribution in [2.24, 2.45) is 0 Å². The molecule has 0 saturated carbocycles. The van der Waals surface area contributed by atoms with Crippen LogP contribution in [0.3, 0.4) is 0 Å². The first-order valence-corrected chi connectivity index (χ1v) is 32.8. The summed E-state index contributed by atoms with van der Waals surface area (Å²) in [5, 5.41) is 23.2. The number of carbonyl (C=O) groups is 2. The summed E-state index contributed by atoms with van der Waals surface area (Å²) in [6, 6.07) is -0.650. The number of aliphatic hydroxyl groups is 2. The van der Waals surface area contributed by atoms with E-state index in [0.29, 0.717) is 19.4 Å². The fraction of sp³-hybridized carbons (Fsp3) is 0.881. The van der Waals surface area contributed by atoms with Crippen LogP contribution in [-0.2, 0) is 14.3 Å². The van der Waals surface area contributed by atoms with Crippen LogP contribution < -0.4 is 5.32 Å². The van der Waals surface area contributed by atoms with Crippen LogP contribution in [0.5, 0.6) is 0 Å². The zero-order valence-corrected chi connectivity index (χ0v) is 49.1. The average Bonchev–Trinajstić information content (AvgIpc) is 3.39. The highest BCUT2D eigenvalue weighted by Gasteiger charge is 2.18. The van der Waals surface area contributed by atoms with Crippen molar-refractivity contribution in [3.8, 4) is 0 Å². The Morgan fingerprint density at radius 3 is 0.986 bits per heavy atom. The fourth-order valence-corrected chi connectivity index (χ4v) is 10.1. The third-order valence-electron chi connectivity index (χ3n) is 15.1. The first kappa shape index (κ1) is 71.1. The van der Waals surface area contributed by atoms with Gasteiger partial charge in [-0.25, -0.2) is 0 Å². The fourth-order valence-electron chi connectivity index (χ4n) is 10.1. The summed E-state index contributed by atoms with van der Waals surface area (Å²) in [6.07, 6.45) is 79.1. The van der Waals surface area contributed by atoms with Crippen molar-refractivity contribution in [2.75, 3.05) is 13.2 Å². The maximum Gasteiger partial charge on any atom is 0.305 e. The third kappa shape index (κ3) is 59.2. The molecule has 0 aromatic rings. The summed E-state index contributed by atoms with van der Waals surface area (Å²) >= 11 is 0. The largest absolute Gasteiger partial charge is 0.466 e. The van der Waals surface area contributed by atoms with Crippen molar-refractivity contribution in [3.05, 3.63) is 36.5 Å². The van der Waals surface area contributed by atoms with E-state index in [-0.39, 0.29) is 18.5 Å². The summed E-state index contributed by atoms with van der Waals surface area (Å²) in [7, 11) is 0. The predicted molar refractivity (Wildman–Crippen MR) is 319 cm³/mol. The van der Waals surface area contributed by atoms with Crippen LogP contribution in [0, 0.1) is 0 Å². The highest BCUT2D eigenvalue weighted by atomic mass is 16.5. The van der Waals surface area contributed by atoms with Crippen molar-refractivity contribution in [2.45, 2.75) is 366 Å². The average molecular weight is 1030 g/mol. The molecule has 6 nitrogen and oxygen atoms in total. The Hall–Kier alpha value is -1.92. The molecule has 3 N–H and O–H groups in total. The maximum atomic E-state index is 12.5. The molecule has 0 aliphatic carbocycles. The molecule has 0 spiro atoms. The number of unbranched alkanes of at least 4 members (excludes halogenated alkanes) is 46. The Balaban J connectivity index is 3.50. The molecule has 0 heterocycles. The molecule has 0 saturated heterocycles. The van der Waals surface area contributed by atoms with Crippen LogP contribution in [0.1, 0.15) is 354 Å². The molecule has 0 radical (unpaired) electrons. The standard InChI is InChI=1S/C67H127NO5/c1-3-5-7-9-11-13-15-17-19-21-23-24-25-26-27-29-30-32-35-39-43-47-51-55-59-65(70)64(63-69)68-66(71)60-56-52-48-44-40-36-34-38-42-46-50-54-58-62-73-67(72)61-57-53-49-45-41-37-33-31-28-22-20-18-16-14-12-10-8-6-4-2/h18,20,36,40,55,59,64-65,69-70H,3-17,19,21-35,37-39,41-54,56-58,60-63H2,1-2H3,(H,68,71)/b20-18-,40-36-,59-55+. The van der Waals surface area contributed by atoms with Crippen LogP contribution in [0.25, 0.3) is 0 Å². The molecule has 0 bridgehead atoms. The molecular formula is C67H127NO5. The van der Waals surface area contributed by atoms with E-state index in [4.69, 9.17) is 4.74 Å². The van der Waals surface area contributed by atoms with E-state index in [1.165, 1.54) is 257 Å². The van der Waals surface area contributed by atoms with E-state index in [2.05, 4.69) is 43.5 Å². The zero-order valence-electron chi connectivity index (χ0n) is 49.1. The van der Waals surface area contributed by atoms with Crippen molar-refractivity contribution in [1.29, 1.82) is 0 Å². The van der Waals surface area contributed by atoms with E-state index >= 15 is 0 Å². The number of hydrogen-bond donors (Lipinski definition) is 3. The minimum atomic E-state index is -0.864. The molecule has 2 unspecified atom stereocenters. The van der Waals surface area contributed by atoms with Crippen LogP contribution in [-0.4, -0.2) is 47.4 Å². The van der Waals surface area contributed by atoms with E-state index in [9.17, 15) is 19.8 Å². The summed E-state index contributed by atoms with van der Waals surface area (Å²) < 4.78 is 5.48. The Morgan fingerprint density at radius 2 is 0.644 bits per heavy atom. The number of hydrogen-bond acceptors (Lipinski definition) is 5. The molecule has 73 heavy (non-hydrogen) atoms. The Kier molecular flexibility index (Phi) is 61.0. The van der Waals surface area contributed by atoms with Crippen LogP contribution >= 0.6 is 0 Å². The Labute approximate surface area is 455 Å². The van der Waals surface area contributed by atoms with Crippen LogP contribution in [0.4, 0.5) is 0 Å². The number of carbonyl (C=O) groups excluding carboxylic acids is 2. The van der Waals surface area contributed by atoms with Crippen LogP contribution in [0.2, 0.25) is 0 Å².